The number of nitrogens with two attached hydrogens (primary N) is 1. The van der Waals surface area contributed by atoms with Crippen LogP contribution in [0.1, 0.15) is 22.5 Å². The van der Waals surface area contributed by atoms with Crippen molar-refractivity contribution in [3.05, 3.63) is 52.8 Å². The van der Waals surface area contributed by atoms with E-state index in [-0.39, 0.29) is 0 Å². The molecule has 2 aromatic rings. The second-order valence-electron chi connectivity index (χ2n) is 5.26. The summed E-state index contributed by atoms with van der Waals surface area (Å²) in [5.74, 6) is 0.818. The maximum absolute atomic E-state index is 5.71. The molecule has 2 N–H and O–H groups in total. The average Bonchev–Trinajstić information content (AvgIpc) is 2.69. The molecule has 20 heavy (non-hydrogen) atoms. The third kappa shape index (κ3) is 2.65. The van der Waals surface area contributed by atoms with Gasteiger partial charge in [0.15, 0.2) is 0 Å². The molecule has 1 aliphatic rings. The van der Waals surface area contributed by atoms with Gasteiger partial charge in [-0.15, -0.1) is 0 Å². The van der Waals surface area contributed by atoms with Crippen LogP contribution in [0.2, 0.25) is 0 Å². The Morgan fingerprint density at radius 1 is 1.10 bits per heavy atom. The van der Waals surface area contributed by atoms with Gasteiger partial charge in [-0.25, -0.2) is 9.97 Å². The Bertz CT molecular complexity index is 582. The highest BCUT2D eigenvalue weighted by Crippen LogP contribution is 2.19. The third-order valence-corrected chi connectivity index (χ3v) is 3.81. The molecule has 0 spiro atoms. The molecular formula is C16H20N4. The SMILES string of the molecule is Cc1cc(CN)nc(N2CCc3ccccc3CC2)n1. The monoisotopic (exact) mass is 268 g/mol. The van der Waals surface area contributed by atoms with Crippen LogP contribution in [0.5, 0.6) is 0 Å². The van der Waals surface area contributed by atoms with Gasteiger partial charge < -0.3 is 10.6 Å². The molecule has 104 valence electrons. The van der Waals surface area contributed by atoms with Crippen LogP contribution >= 0.6 is 0 Å². The van der Waals surface area contributed by atoms with Crippen LogP contribution in [-0.4, -0.2) is 23.1 Å². The van der Waals surface area contributed by atoms with Crippen molar-refractivity contribution in [2.45, 2.75) is 26.3 Å². The molecule has 0 aliphatic carbocycles. The van der Waals surface area contributed by atoms with E-state index in [1.165, 1.54) is 11.1 Å². The second kappa shape index (κ2) is 5.59. The molecule has 0 saturated carbocycles. The molecule has 4 heteroatoms. The van der Waals surface area contributed by atoms with Gasteiger partial charge in [-0.1, -0.05) is 24.3 Å². The van der Waals surface area contributed by atoms with Crippen LogP contribution in [0.25, 0.3) is 0 Å². The van der Waals surface area contributed by atoms with E-state index < -0.39 is 0 Å². The minimum atomic E-state index is 0.463. The summed E-state index contributed by atoms with van der Waals surface area (Å²) in [6.45, 7) is 4.39. The first-order chi connectivity index (χ1) is 9.76. The first-order valence-corrected chi connectivity index (χ1v) is 7.12. The number of nitrogens with zero attached hydrogens (tertiary/aromatic N) is 3. The van der Waals surface area contributed by atoms with Crippen LogP contribution in [0.4, 0.5) is 5.95 Å². The molecule has 4 nitrogen and oxygen atoms in total. The highest BCUT2D eigenvalue weighted by molar-refractivity contribution is 5.37. The topological polar surface area (TPSA) is 55.0 Å². The number of aryl methyl sites for hydroxylation is 1. The minimum Gasteiger partial charge on any atom is -0.340 e. The Balaban J connectivity index is 1.85. The van der Waals surface area contributed by atoms with Gasteiger partial charge in [0.25, 0.3) is 0 Å². The summed E-state index contributed by atoms with van der Waals surface area (Å²) in [4.78, 5) is 11.4. The normalized spacial score (nSPS) is 14.8. The van der Waals surface area contributed by atoms with Gasteiger partial charge in [0.1, 0.15) is 0 Å². The van der Waals surface area contributed by atoms with Gasteiger partial charge in [0.05, 0.1) is 5.69 Å². The highest BCUT2D eigenvalue weighted by atomic mass is 15.2. The lowest BCUT2D eigenvalue weighted by Gasteiger charge is -2.21. The number of benzene rings is 1. The Hall–Kier alpha value is -1.94. The van der Waals surface area contributed by atoms with E-state index in [0.717, 1.165) is 43.3 Å². The van der Waals surface area contributed by atoms with Gasteiger partial charge >= 0.3 is 0 Å². The van der Waals surface area contributed by atoms with Gasteiger partial charge in [0.2, 0.25) is 5.95 Å². The van der Waals surface area contributed by atoms with Crippen molar-refractivity contribution in [2.75, 3.05) is 18.0 Å². The number of hydrogen-bond donors (Lipinski definition) is 1. The molecule has 0 atom stereocenters. The first-order valence-electron chi connectivity index (χ1n) is 7.12. The molecule has 0 amide bonds. The zero-order valence-corrected chi connectivity index (χ0v) is 11.8. The molecule has 1 aromatic heterocycles. The minimum absolute atomic E-state index is 0.463. The quantitative estimate of drug-likeness (QED) is 0.903. The lowest BCUT2D eigenvalue weighted by Crippen LogP contribution is -2.28. The van der Waals surface area contributed by atoms with Crippen molar-refractivity contribution in [3.8, 4) is 0 Å². The molecule has 0 bridgehead atoms. The zero-order valence-electron chi connectivity index (χ0n) is 11.8. The second-order valence-corrected chi connectivity index (χ2v) is 5.26. The molecular weight excluding hydrogens is 248 g/mol. The smallest absolute Gasteiger partial charge is 0.225 e. The third-order valence-electron chi connectivity index (χ3n) is 3.81. The lowest BCUT2D eigenvalue weighted by molar-refractivity contribution is 0.760. The fourth-order valence-corrected chi connectivity index (χ4v) is 2.73. The van der Waals surface area contributed by atoms with Gasteiger partial charge in [-0.2, -0.15) is 0 Å². The standard InChI is InChI=1S/C16H20N4/c1-12-10-15(11-17)19-16(18-12)20-8-6-13-4-2-3-5-14(13)7-9-20/h2-5,10H,6-9,11,17H2,1H3. The summed E-state index contributed by atoms with van der Waals surface area (Å²) in [5, 5.41) is 0. The van der Waals surface area contributed by atoms with E-state index in [9.17, 15) is 0 Å². The largest absolute Gasteiger partial charge is 0.340 e. The van der Waals surface area contributed by atoms with Crippen LogP contribution in [0.15, 0.2) is 30.3 Å². The summed E-state index contributed by atoms with van der Waals surface area (Å²) in [6, 6.07) is 10.6. The summed E-state index contributed by atoms with van der Waals surface area (Å²) in [5.41, 5.74) is 10.5. The van der Waals surface area contributed by atoms with Crippen molar-refractivity contribution < 1.29 is 0 Å². The van der Waals surface area contributed by atoms with Crippen LogP contribution in [-0.2, 0) is 19.4 Å². The van der Waals surface area contributed by atoms with Gasteiger partial charge in [-0.3, -0.25) is 0 Å². The first kappa shape index (κ1) is 13.1. The van der Waals surface area contributed by atoms with E-state index in [1.807, 2.05) is 13.0 Å². The summed E-state index contributed by atoms with van der Waals surface area (Å²) in [6.07, 6.45) is 2.09. The van der Waals surface area contributed by atoms with E-state index in [0.29, 0.717) is 6.54 Å². The van der Waals surface area contributed by atoms with Crippen LogP contribution in [0.3, 0.4) is 0 Å². The van der Waals surface area contributed by atoms with Crippen molar-refractivity contribution in [2.24, 2.45) is 5.73 Å². The van der Waals surface area contributed by atoms with E-state index >= 15 is 0 Å². The lowest BCUT2D eigenvalue weighted by atomic mass is 10.0. The Morgan fingerprint density at radius 3 is 2.35 bits per heavy atom. The highest BCUT2D eigenvalue weighted by Gasteiger charge is 2.16. The van der Waals surface area contributed by atoms with Crippen LogP contribution in [0, 0.1) is 6.92 Å². The Kier molecular flexibility index (Phi) is 3.65. The Morgan fingerprint density at radius 2 is 1.75 bits per heavy atom. The number of anilines is 1. The molecule has 3 rings (SSSR count). The molecule has 2 heterocycles. The zero-order chi connectivity index (χ0) is 13.9. The van der Waals surface area contributed by atoms with Crippen molar-refractivity contribution in [1.82, 2.24) is 9.97 Å². The molecule has 0 saturated heterocycles. The van der Waals surface area contributed by atoms with E-state index in [4.69, 9.17) is 5.73 Å². The fourth-order valence-electron chi connectivity index (χ4n) is 2.73. The predicted octanol–water partition coefficient (Wildman–Crippen LogP) is 1.85. The van der Waals surface area contributed by atoms with Crippen molar-refractivity contribution in [1.29, 1.82) is 0 Å². The molecule has 1 aliphatic heterocycles. The van der Waals surface area contributed by atoms with Gasteiger partial charge in [0, 0.05) is 25.3 Å². The fraction of sp³-hybridized carbons (Fsp3) is 0.375. The number of fused-ring (bicyclic) bond motifs is 1. The van der Waals surface area contributed by atoms with E-state index in [1.54, 1.807) is 0 Å². The number of rotatable bonds is 2. The predicted molar refractivity (Wildman–Crippen MR) is 80.7 cm³/mol. The van der Waals surface area contributed by atoms with Gasteiger partial charge in [-0.05, 0) is 37.0 Å². The maximum atomic E-state index is 5.71. The molecule has 0 unspecified atom stereocenters. The van der Waals surface area contributed by atoms with Crippen LogP contribution < -0.4 is 10.6 Å². The molecule has 1 aromatic carbocycles. The number of hydrogen-bond acceptors (Lipinski definition) is 4. The summed E-state index contributed by atoms with van der Waals surface area (Å²) >= 11 is 0. The molecule has 0 fully saturated rings. The Labute approximate surface area is 119 Å². The maximum Gasteiger partial charge on any atom is 0.225 e. The summed E-state index contributed by atoms with van der Waals surface area (Å²) in [7, 11) is 0. The summed E-state index contributed by atoms with van der Waals surface area (Å²) < 4.78 is 0. The average molecular weight is 268 g/mol. The molecule has 0 radical (unpaired) electrons. The van der Waals surface area contributed by atoms with Crippen molar-refractivity contribution >= 4 is 5.95 Å². The van der Waals surface area contributed by atoms with E-state index in [2.05, 4.69) is 39.1 Å². The number of aromatic nitrogens is 2. The van der Waals surface area contributed by atoms with Crippen molar-refractivity contribution in [3.63, 3.8) is 0 Å².